The van der Waals surface area contributed by atoms with E-state index in [0.717, 1.165) is 11.0 Å². The first-order valence-electron chi connectivity index (χ1n) is 7.50. The Bertz CT molecular complexity index is 897. The fraction of sp³-hybridized carbons (Fsp3) is 0.167. The van der Waals surface area contributed by atoms with E-state index in [1.54, 1.807) is 26.0 Å². The summed E-state index contributed by atoms with van der Waals surface area (Å²) in [6.45, 7) is 3.38. The fourth-order valence-electron chi connectivity index (χ4n) is 2.65. The molecule has 3 rings (SSSR count). The summed E-state index contributed by atoms with van der Waals surface area (Å²) in [5, 5.41) is 14.9. The Morgan fingerprint density at radius 3 is 2.67 bits per heavy atom. The molecule has 122 valence electrons. The first kappa shape index (κ1) is 15.7. The quantitative estimate of drug-likeness (QED) is 0.577. The number of benzene rings is 2. The molecule has 1 amide bonds. The van der Waals surface area contributed by atoms with Crippen molar-refractivity contribution in [3.8, 4) is 0 Å². The van der Waals surface area contributed by atoms with Crippen LogP contribution in [0.4, 0.5) is 5.69 Å². The Morgan fingerprint density at radius 1 is 1.21 bits per heavy atom. The van der Waals surface area contributed by atoms with Crippen LogP contribution in [0.3, 0.4) is 0 Å². The van der Waals surface area contributed by atoms with Crippen molar-refractivity contribution in [2.75, 3.05) is 0 Å². The van der Waals surface area contributed by atoms with Gasteiger partial charge in [-0.2, -0.15) is 0 Å². The van der Waals surface area contributed by atoms with E-state index in [9.17, 15) is 14.9 Å². The number of hydrogen-bond donors (Lipinski definition) is 1. The number of aryl methyl sites for hydroxylation is 1. The van der Waals surface area contributed by atoms with E-state index >= 15 is 0 Å². The Hall–Kier alpha value is -3.15. The van der Waals surface area contributed by atoms with Crippen molar-refractivity contribution in [1.82, 2.24) is 5.32 Å². The SMILES string of the molecule is Cc1cccc(C(=O)N[C@H](C)c2cc3ccccc3o2)c1[N+](=O)[O-]. The van der Waals surface area contributed by atoms with Crippen LogP contribution in [-0.2, 0) is 0 Å². The number of furan rings is 1. The van der Waals surface area contributed by atoms with Crippen LogP contribution in [0.25, 0.3) is 11.0 Å². The van der Waals surface area contributed by atoms with Crippen molar-refractivity contribution in [2.45, 2.75) is 19.9 Å². The number of nitro benzene ring substituents is 1. The molecule has 0 unspecified atom stereocenters. The molecule has 0 spiro atoms. The molecule has 6 nitrogen and oxygen atoms in total. The van der Waals surface area contributed by atoms with Crippen LogP contribution in [0.1, 0.15) is 34.6 Å². The van der Waals surface area contributed by atoms with E-state index < -0.39 is 16.9 Å². The van der Waals surface area contributed by atoms with Gasteiger partial charge in [-0.1, -0.05) is 30.3 Å². The summed E-state index contributed by atoms with van der Waals surface area (Å²) in [7, 11) is 0. The number of carbonyl (C=O) groups is 1. The number of para-hydroxylation sites is 2. The number of nitrogens with zero attached hydrogens (tertiary/aromatic N) is 1. The number of fused-ring (bicyclic) bond motifs is 1. The monoisotopic (exact) mass is 324 g/mol. The van der Waals surface area contributed by atoms with E-state index in [0.29, 0.717) is 11.3 Å². The van der Waals surface area contributed by atoms with E-state index in [2.05, 4.69) is 5.32 Å². The predicted octanol–water partition coefficient (Wildman–Crippen LogP) is 4.14. The maximum absolute atomic E-state index is 12.5. The van der Waals surface area contributed by atoms with Crippen LogP contribution in [0.2, 0.25) is 0 Å². The highest BCUT2D eigenvalue weighted by Gasteiger charge is 2.24. The van der Waals surface area contributed by atoms with Crippen LogP contribution in [0.5, 0.6) is 0 Å². The van der Waals surface area contributed by atoms with E-state index in [1.807, 2.05) is 30.3 Å². The van der Waals surface area contributed by atoms with Crippen molar-refractivity contribution in [2.24, 2.45) is 0 Å². The number of nitrogens with one attached hydrogen (secondary N) is 1. The lowest BCUT2D eigenvalue weighted by molar-refractivity contribution is -0.385. The predicted molar refractivity (Wildman–Crippen MR) is 89.9 cm³/mol. The van der Waals surface area contributed by atoms with E-state index in [-0.39, 0.29) is 11.3 Å². The highest BCUT2D eigenvalue weighted by molar-refractivity contribution is 5.98. The molecule has 1 heterocycles. The van der Waals surface area contributed by atoms with Crippen LogP contribution in [0.15, 0.2) is 52.9 Å². The van der Waals surface area contributed by atoms with Gasteiger partial charge >= 0.3 is 0 Å². The molecule has 1 aromatic heterocycles. The van der Waals surface area contributed by atoms with Gasteiger partial charge in [-0.15, -0.1) is 0 Å². The number of nitro groups is 1. The van der Waals surface area contributed by atoms with Crippen LogP contribution < -0.4 is 5.32 Å². The topological polar surface area (TPSA) is 85.4 Å². The molecule has 0 fully saturated rings. The summed E-state index contributed by atoms with van der Waals surface area (Å²) >= 11 is 0. The van der Waals surface area contributed by atoms with E-state index in [4.69, 9.17) is 4.42 Å². The van der Waals surface area contributed by atoms with Gasteiger partial charge in [-0.05, 0) is 32.0 Å². The van der Waals surface area contributed by atoms with Gasteiger partial charge in [0.15, 0.2) is 0 Å². The smallest absolute Gasteiger partial charge is 0.285 e. The van der Waals surface area contributed by atoms with Crippen molar-refractivity contribution in [3.05, 3.63) is 75.5 Å². The maximum atomic E-state index is 12.5. The van der Waals surface area contributed by atoms with Gasteiger partial charge in [0.05, 0.1) is 11.0 Å². The summed E-state index contributed by atoms with van der Waals surface area (Å²) in [6, 6.07) is 13.7. The first-order chi connectivity index (χ1) is 11.5. The van der Waals surface area contributed by atoms with Gasteiger partial charge in [0.25, 0.3) is 11.6 Å². The van der Waals surface area contributed by atoms with Gasteiger partial charge in [0.1, 0.15) is 16.9 Å². The van der Waals surface area contributed by atoms with Crippen LogP contribution in [0, 0.1) is 17.0 Å². The van der Waals surface area contributed by atoms with Gasteiger partial charge in [-0.3, -0.25) is 14.9 Å². The zero-order chi connectivity index (χ0) is 17.3. The highest BCUT2D eigenvalue weighted by Crippen LogP contribution is 2.26. The molecule has 6 heteroatoms. The number of hydrogen-bond acceptors (Lipinski definition) is 4. The third kappa shape index (κ3) is 2.86. The molecule has 1 atom stereocenters. The number of carbonyl (C=O) groups excluding carboxylic acids is 1. The second-order valence-corrected chi connectivity index (χ2v) is 5.61. The molecule has 3 aromatic rings. The maximum Gasteiger partial charge on any atom is 0.285 e. The third-order valence-corrected chi connectivity index (χ3v) is 3.88. The fourth-order valence-corrected chi connectivity index (χ4v) is 2.65. The van der Waals surface area contributed by atoms with Gasteiger partial charge in [-0.25, -0.2) is 0 Å². The molecule has 0 saturated carbocycles. The lowest BCUT2D eigenvalue weighted by Gasteiger charge is -2.12. The average Bonchev–Trinajstić information content (AvgIpc) is 2.98. The average molecular weight is 324 g/mol. The minimum absolute atomic E-state index is 0.0444. The van der Waals surface area contributed by atoms with Crippen molar-refractivity contribution in [1.29, 1.82) is 0 Å². The lowest BCUT2D eigenvalue weighted by Crippen LogP contribution is -2.27. The third-order valence-electron chi connectivity index (χ3n) is 3.88. The minimum atomic E-state index is -0.532. The Morgan fingerprint density at radius 2 is 1.96 bits per heavy atom. The molecule has 0 aliphatic heterocycles. The van der Waals surface area contributed by atoms with Crippen LogP contribution >= 0.6 is 0 Å². The largest absolute Gasteiger partial charge is 0.459 e. The summed E-state index contributed by atoms with van der Waals surface area (Å²) in [5.41, 5.74) is 1.05. The Kier molecular flexibility index (Phi) is 4.04. The molecule has 24 heavy (non-hydrogen) atoms. The second-order valence-electron chi connectivity index (χ2n) is 5.61. The molecular formula is C18H16N2O4. The molecule has 1 N–H and O–H groups in total. The lowest BCUT2D eigenvalue weighted by atomic mass is 10.1. The zero-order valence-corrected chi connectivity index (χ0v) is 13.3. The molecule has 2 aromatic carbocycles. The normalized spacial score (nSPS) is 12.1. The standard InChI is InChI=1S/C18H16N2O4/c1-11-6-5-8-14(17(11)20(22)23)18(21)19-12(2)16-10-13-7-3-4-9-15(13)24-16/h3-10,12H,1-2H3,(H,19,21)/t12-/m1/s1. The summed E-state index contributed by atoms with van der Waals surface area (Å²) in [6.07, 6.45) is 0. The van der Waals surface area contributed by atoms with Crippen molar-refractivity contribution in [3.63, 3.8) is 0 Å². The highest BCUT2D eigenvalue weighted by atomic mass is 16.6. The minimum Gasteiger partial charge on any atom is -0.459 e. The van der Waals surface area contributed by atoms with Gasteiger partial charge in [0, 0.05) is 10.9 Å². The zero-order valence-electron chi connectivity index (χ0n) is 13.3. The Balaban J connectivity index is 1.87. The Labute approximate surface area is 138 Å². The molecule has 0 aliphatic carbocycles. The molecule has 0 saturated heterocycles. The molecule has 0 aliphatic rings. The number of rotatable bonds is 4. The molecule has 0 bridgehead atoms. The summed E-state index contributed by atoms with van der Waals surface area (Å²) in [5.74, 6) is 0.0956. The van der Waals surface area contributed by atoms with Gasteiger partial charge < -0.3 is 9.73 Å². The first-order valence-corrected chi connectivity index (χ1v) is 7.50. The van der Waals surface area contributed by atoms with Crippen LogP contribution in [-0.4, -0.2) is 10.8 Å². The van der Waals surface area contributed by atoms with Crippen molar-refractivity contribution >= 4 is 22.6 Å². The summed E-state index contributed by atoms with van der Waals surface area (Å²) in [4.78, 5) is 23.2. The number of amides is 1. The molecule has 0 radical (unpaired) electrons. The second kappa shape index (κ2) is 6.16. The summed E-state index contributed by atoms with van der Waals surface area (Å²) < 4.78 is 5.72. The van der Waals surface area contributed by atoms with Crippen molar-refractivity contribution < 1.29 is 14.1 Å². The molecular weight excluding hydrogens is 308 g/mol. The van der Waals surface area contributed by atoms with E-state index in [1.165, 1.54) is 6.07 Å². The van der Waals surface area contributed by atoms with Gasteiger partial charge in [0.2, 0.25) is 0 Å².